The lowest BCUT2D eigenvalue weighted by Gasteiger charge is -2.30. The van der Waals surface area contributed by atoms with E-state index >= 15 is 0 Å². The monoisotopic (exact) mass is 254 g/mol. The number of nitrogens with one attached hydrogen (secondary N) is 2. The summed E-state index contributed by atoms with van der Waals surface area (Å²) in [6.45, 7) is 1.65. The maximum atomic E-state index is 11.8. The first kappa shape index (κ1) is 14.2. The van der Waals surface area contributed by atoms with Gasteiger partial charge in [-0.05, 0) is 25.4 Å². The summed E-state index contributed by atoms with van der Waals surface area (Å²) in [5, 5.41) is 5.85. The summed E-state index contributed by atoms with van der Waals surface area (Å²) in [4.78, 5) is 11.3. The zero-order valence-electron chi connectivity index (χ0n) is 9.64. The number of amides is 1. The molecule has 0 aromatic carbocycles. The first-order valence-corrected chi connectivity index (χ1v) is 5.53. The van der Waals surface area contributed by atoms with Gasteiger partial charge in [-0.3, -0.25) is 4.79 Å². The third kappa shape index (κ3) is 5.88. The van der Waals surface area contributed by atoms with Crippen molar-refractivity contribution in [2.45, 2.75) is 25.6 Å². The number of hydrogen-bond acceptors (Lipinski definition) is 3. The molecule has 0 bridgehead atoms. The van der Waals surface area contributed by atoms with E-state index in [9.17, 15) is 18.0 Å². The van der Waals surface area contributed by atoms with Gasteiger partial charge in [-0.2, -0.15) is 13.2 Å². The standard InChI is InChI=1S/C10H17F3N2O2/c1-7-4-14-3-2-8(7)15-9(16)5-17-6-10(11,12)13/h7-8,14H,2-6H2,1H3,(H,15,16). The van der Waals surface area contributed by atoms with Crippen molar-refractivity contribution < 1.29 is 22.7 Å². The lowest BCUT2D eigenvalue weighted by atomic mass is 9.95. The molecule has 0 aromatic heterocycles. The predicted molar refractivity (Wildman–Crippen MR) is 55.5 cm³/mol. The fourth-order valence-corrected chi connectivity index (χ4v) is 1.74. The molecule has 1 heterocycles. The van der Waals surface area contributed by atoms with Gasteiger partial charge in [-0.15, -0.1) is 0 Å². The Hall–Kier alpha value is -0.820. The highest BCUT2D eigenvalue weighted by Gasteiger charge is 2.28. The Morgan fingerprint density at radius 2 is 2.24 bits per heavy atom. The van der Waals surface area contributed by atoms with E-state index in [4.69, 9.17) is 0 Å². The highest BCUT2D eigenvalue weighted by molar-refractivity contribution is 5.77. The van der Waals surface area contributed by atoms with Crippen LogP contribution in [0.15, 0.2) is 0 Å². The van der Waals surface area contributed by atoms with E-state index in [1.54, 1.807) is 0 Å². The largest absolute Gasteiger partial charge is 0.411 e. The minimum atomic E-state index is -4.39. The zero-order chi connectivity index (χ0) is 12.9. The van der Waals surface area contributed by atoms with E-state index in [1.165, 1.54) is 0 Å². The second kappa shape index (κ2) is 6.20. The Bertz CT molecular complexity index is 258. The smallest absolute Gasteiger partial charge is 0.362 e. The maximum absolute atomic E-state index is 11.8. The van der Waals surface area contributed by atoms with Crippen LogP contribution in [0.3, 0.4) is 0 Å². The first-order valence-electron chi connectivity index (χ1n) is 5.53. The van der Waals surface area contributed by atoms with Gasteiger partial charge in [0.05, 0.1) is 0 Å². The van der Waals surface area contributed by atoms with Crippen molar-refractivity contribution in [2.75, 3.05) is 26.3 Å². The van der Waals surface area contributed by atoms with Crippen LogP contribution in [-0.4, -0.2) is 44.4 Å². The first-order chi connectivity index (χ1) is 7.88. The van der Waals surface area contributed by atoms with Gasteiger partial charge in [0.2, 0.25) is 5.91 Å². The van der Waals surface area contributed by atoms with Gasteiger partial charge in [-0.25, -0.2) is 0 Å². The molecule has 0 radical (unpaired) electrons. The van der Waals surface area contributed by atoms with E-state index < -0.39 is 25.3 Å². The summed E-state index contributed by atoms with van der Waals surface area (Å²) < 4.78 is 39.6. The van der Waals surface area contributed by atoms with Crippen LogP contribution in [0.5, 0.6) is 0 Å². The Morgan fingerprint density at radius 3 is 2.82 bits per heavy atom. The normalized spacial score (nSPS) is 25.6. The molecule has 1 saturated heterocycles. The van der Waals surface area contributed by atoms with Crippen LogP contribution < -0.4 is 10.6 Å². The molecule has 1 rings (SSSR count). The minimum absolute atomic E-state index is 0.0123. The second-order valence-corrected chi connectivity index (χ2v) is 4.25. The van der Waals surface area contributed by atoms with E-state index in [2.05, 4.69) is 15.4 Å². The molecule has 1 amide bonds. The van der Waals surface area contributed by atoms with Crippen LogP contribution in [0.2, 0.25) is 0 Å². The molecular formula is C10H17F3N2O2. The molecule has 0 spiro atoms. The van der Waals surface area contributed by atoms with Crippen molar-refractivity contribution in [3.8, 4) is 0 Å². The highest BCUT2D eigenvalue weighted by atomic mass is 19.4. The van der Waals surface area contributed by atoms with Crippen LogP contribution in [-0.2, 0) is 9.53 Å². The summed E-state index contributed by atoms with van der Waals surface area (Å²) in [5.74, 6) is -0.219. The number of carbonyl (C=O) groups excluding carboxylic acids is 1. The average molecular weight is 254 g/mol. The van der Waals surface area contributed by atoms with Gasteiger partial charge in [-0.1, -0.05) is 6.92 Å². The molecule has 2 atom stereocenters. The van der Waals surface area contributed by atoms with Crippen LogP contribution in [0.25, 0.3) is 0 Å². The number of alkyl halides is 3. The van der Waals surface area contributed by atoms with Crippen molar-refractivity contribution >= 4 is 5.91 Å². The molecule has 0 aliphatic carbocycles. The van der Waals surface area contributed by atoms with Crippen molar-refractivity contribution in [3.63, 3.8) is 0 Å². The van der Waals surface area contributed by atoms with Gasteiger partial charge in [0.1, 0.15) is 13.2 Å². The van der Waals surface area contributed by atoms with Crippen LogP contribution >= 0.6 is 0 Å². The molecule has 0 saturated carbocycles. The number of hydrogen-bond donors (Lipinski definition) is 2. The van der Waals surface area contributed by atoms with Gasteiger partial charge in [0, 0.05) is 6.04 Å². The molecule has 2 unspecified atom stereocenters. The summed E-state index contributed by atoms with van der Waals surface area (Å²) in [5.41, 5.74) is 0. The second-order valence-electron chi connectivity index (χ2n) is 4.25. The molecule has 4 nitrogen and oxygen atoms in total. The molecule has 1 aliphatic rings. The van der Waals surface area contributed by atoms with Gasteiger partial charge in [0.25, 0.3) is 0 Å². The summed E-state index contributed by atoms with van der Waals surface area (Å²) in [6, 6.07) is 0.0123. The highest BCUT2D eigenvalue weighted by Crippen LogP contribution is 2.14. The molecule has 2 N–H and O–H groups in total. The quantitative estimate of drug-likeness (QED) is 0.775. The Kier molecular flexibility index (Phi) is 5.20. The Labute approximate surface area is 97.9 Å². The zero-order valence-corrected chi connectivity index (χ0v) is 9.64. The number of rotatable bonds is 4. The molecule has 7 heteroatoms. The summed E-state index contributed by atoms with van der Waals surface area (Å²) >= 11 is 0. The Morgan fingerprint density at radius 1 is 1.53 bits per heavy atom. The van der Waals surface area contributed by atoms with Crippen LogP contribution in [0, 0.1) is 5.92 Å². The summed E-state index contributed by atoms with van der Waals surface area (Å²) in [7, 11) is 0. The average Bonchev–Trinajstić information content (AvgIpc) is 2.19. The van der Waals surface area contributed by atoms with Gasteiger partial charge < -0.3 is 15.4 Å². The van der Waals surface area contributed by atoms with Gasteiger partial charge >= 0.3 is 6.18 Å². The minimum Gasteiger partial charge on any atom is -0.362 e. The van der Waals surface area contributed by atoms with E-state index in [0.29, 0.717) is 0 Å². The Balaban J connectivity index is 2.20. The molecule has 17 heavy (non-hydrogen) atoms. The maximum Gasteiger partial charge on any atom is 0.411 e. The van der Waals surface area contributed by atoms with Crippen LogP contribution in [0.1, 0.15) is 13.3 Å². The number of piperidine rings is 1. The lowest BCUT2D eigenvalue weighted by Crippen LogP contribution is -2.49. The number of ether oxygens (including phenoxy) is 1. The van der Waals surface area contributed by atoms with Crippen molar-refractivity contribution in [2.24, 2.45) is 5.92 Å². The van der Waals surface area contributed by atoms with Gasteiger partial charge in [0.15, 0.2) is 0 Å². The topological polar surface area (TPSA) is 50.4 Å². The third-order valence-corrected chi connectivity index (χ3v) is 2.63. The van der Waals surface area contributed by atoms with Crippen molar-refractivity contribution in [1.29, 1.82) is 0 Å². The molecular weight excluding hydrogens is 237 g/mol. The fourth-order valence-electron chi connectivity index (χ4n) is 1.74. The van der Waals surface area contributed by atoms with E-state index in [1.807, 2.05) is 6.92 Å². The SMILES string of the molecule is CC1CNCCC1NC(=O)COCC(F)(F)F. The molecule has 100 valence electrons. The van der Waals surface area contributed by atoms with E-state index in [0.717, 1.165) is 19.5 Å². The molecule has 1 aliphatic heterocycles. The third-order valence-electron chi connectivity index (χ3n) is 2.63. The predicted octanol–water partition coefficient (Wildman–Crippen LogP) is 0.679. The number of carbonyl (C=O) groups is 1. The number of halogens is 3. The lowest BCUT2D eigenvalue weighted by molar-refractivity contribution is -0.175. The summed E-state index contributed by atoms with van der Waals surface area (Å²) in [6.07, 6.45) is -3.60. The van der Waals surface area contributed by atoms with E-state index in [-0.39, 0.29) is 12.0 Å². The van der Waals surface area contributed by atoms with Crippen LogP contribution in [0.4, 0.5) is 13.2 Å². The molecule has 0 aromatic rings. The van der Waals surface area contributed by atoms with Crippen molar-refractivity contribution in [3.05, 3.63) is 0 Å². The molecule has 1 fully saturated rings. The van der Waals surface area contributed by atoms with Crippen molar-refractivity contribution in [1.82, 2.24) is 10.6 Å². The fraction of sp³-hybridized carbons (Fsp3) is 0.900.